The first-order chi connectivity index (χ1) is 6.63. The Kier molecular flexibility index (Phi) is 1.77. The van der Waals surface area contributed by atoms with Gasteiger partial charge in [0.2, 0.25) is 0 Å². The predicted molar refractivity (Wildman–Crippen MR) is 49.9 cm³/mol. The fraction of sp³-hybridized carbons (Fsp3) is 0.100. The third-order valence-corrected chi connectivity index (χ3v) is 2.26. The van der Waals surface area contributed by atoms with E-state index in [1.807, 2.05) is 0 Å². The predicted octanol–water partition coefficient (Wildman–Crippen LogP) is 1.84. The normalized spacial score (nSPS) is 10.7. The van der Waals surface area contributed by atoms with Gasteiger partial charge in [-0.2, -0.15) is 0 Å². The molecule has 0 unspecified atom stereocenters. The lowest BCUT2D eigenvalue weighted by atomic mass is 10.2. The van der Waals surface area contributed by atoms with Crippen molar-refractivity contribution in [2.45, 2.75) is 0 Å². The van der Waals surface area contributed by atoms with E-state index in [1.54, 1.807) is 7.05 Å². The first kappa shape index (κ1) is 8.74. The number of aromatic hydroxyl groups is 1. The molecule has 1 aromatic heterocycles. The SMILES string of the molecule is Cn1c(C=O)cc2c(O)cc(F)cc21. The highest BCUT2D eigenvalue weighted by Crippen LogP contribution is 2.27. The number of halogens is 1. The molecule has 72 valence electrons. The number of benzene rings is 1. The number of hydrogen-bond donors (Lipinski definition) is 1. The third kappa shape index (κ3) is 1.08. The summed E-state index contributed by atoms with van der Waals surface area (Å²) in [5.74, 6) is -0.669. The summed E-state index contributed by atoms with van der Waals surface area (Å²) in [7, 11) is 1.64. The van der Waals surface area contributed by atoms with E-state index in [4.69, 9.17) is 0 Å². The van der Waals surface area contributed by atoms with E-state index in [-0.39, 0.29) is 5.75 Å². The van der Waals surface area contributed by atoms with Gasteiger partial charge >= 0.3 is 0 Å². The van der Waals surface area contributed by atoms with Gasteiger partial charge in [0.25, 0.3) is 0 Å². The molecule has 0 radical (unpaired) electrons. The second-order valence-corrected chi connectivity index (χ2v) is 3.10. The minimum atomic E-state index is -0.520. The number of hydrogen-bond acceptors (Lipinski definition) is 2. The number of aryl methyl sites for hydroxylation is 1. The number of phenolic OH excluding ortho intramolecular Hbond substituents is 1. The summed E-state index contributed by atoms with van der Waals surface area (Å²) in [6.45, 7) is 0. The van der Waals surface area contributed by atoms with Crippen molar-refractivity contribution in [2.75, 3.05) is 0 Å². The molecule has 2 rings (SSSR count). The Morgan fingerprint density at radius 2 is 2.14 bits per heavy atom. The summed E-state index contributed by atoms with van der Waals surface area (Å²) in [6, 6.07) is 3.83. The molecular formula is C10H8FNO2. The molecular weight excluding hydrogens is 185 g/mol. The Morgan fingerprint density at radius 3 is 2.79 bits per heavy atom. The van der Waals surface area contributed by atoms with Crippen LogP contribution in [-0.4, -0.2) is 16.0 Å². The monoisotopic (exact) mass is 193 g/mol. The molecule has 0 bridgehead atoms. The maximum atomic E-state index is 12.9. The fourth-order valence-corrected chi connectivity index (χ4v) is 1.51. The van der Waals surface area contributed by atoms with Gasteiger partial charge in [0.1, 0.15) is 11.6 Å². The summed E-state index contributed by atoms with van der Waals surface area (Å²) in [5.41, 5.74) is 0.908. The van der Waals surface area contributed by atoms with E-state index < -0.39 is 5.82 Å². The number of fused-ring (bicyclic) bond motifs is 1. The molecule has 0 aliphatic carbocycles. The molecule has 1 aromatic carbocycles. The summed E-state index contributed by atoms with van der Waals surface area (Å²) in [4.78, 5) is 10.6. The molecule has 0 saturated carbocycles. The molecule has 3 nitrogen and oxygen atoms in total. The maximum Gasteiger partial charge on any atom is 0.166 e. The average Bonchev–Trinajstić information content (AvgIpc) is 2.44. The topological polar surface area (TPSA) is 42.2 Å². The summed E-state index contributed by atoms with van der Waals surface area (Å²) in [5, 5.41) is 9.90. The number of aldehydes is 1. The van der Waals surface area contributed by atoms with Crippen LogP contribution in [0.15, 0.2) is 18.2 Å². The molecule has 1 heterocycles. The van der Waals surface area contributed by atoms with Crippen molar-refractivity contribution < 1.29 is 14.3 Å². The van der Waals surface area contributed by atoms with Gasteiger partial charge in [-0.25, -0.2) is 4.39 Å². The molecule has 0 saturated heterocycles. The van der Waals surface area contributed by atoms with Gasteiger partial charge in [-0.3, -0.25) is 4.79 Å². The standard InChI is InChI=1S/C10H8FNO2/c1-12-7(5-13)4-8-9(12)2-6(11)3-10(8)14/h2-5,14H,1H3. The fourth-order valence-electron chi connectivity index (χ4n) is 1.51. The van der Waals surface area contributed by atoms with Crippen LogP contribution in [0.2, 0.25) is 0 Å². The Balaban J connectivity index is 2.91. The first-order valence-electron chi connectivity index (χ1n) is 4.06. The molecule has 14 heavy (non-hydrogen) atoms. The molecule has 0 atom stereocenters. The van der Waals surface area contributed by atoms with Gasteiger partial charge in [-0.05, 0) is 12.1 Å². The average molecular weight is 193 g/mol. The second-order valence-electron chi connectivity index (χ2n) is 3.10. The van der Waals surface area contributed by atoms with E-state index in [0.29, 0.717) is 22.9 Å². The van der Waals surface area contributed by atoms with Crippen LogP contribution in [0.25, 0.3) is 10.9 Å². The quantitative estimate of drug-likeness (QED) is 0.702. The number of carbonyl (C=O) groups is 1. The lowest BCUT2D eigenvalue weighted by molar-refractivity contribution is 0.111. The highest BCUT2D eigenvalue weighted by atomic mass is 19.1. The van der Waals surface area contributed by atoms with Crippen LogP contribution < -0.4 is 0 Å². The van der Waals surface area contributed by atoms with Crippen LogP contribution in [0.1, 0.15) is 10.5 Å². The van der Waals surface area contributed by atoms with Crippen molar-refractivity contribution in [3.8, 4) is 5.75 Å². The zero-order valence-electron chi connectivity index (χ0n) is 7.49. The van der Waals surface area contributed by atoms with Gasteiger partial charge in [0, 0.05) is 18.5 Å². The lowest BCUT2D eigenvalue weighted by Gasteiger charge is -1.99. The molecule has 0 aliphatic heterocycles. The molecule has 0 spiro atoms. The van der Waals surface area contributed by atoms with E-state index in [9.17, 15) is 14.3 Å². The Morgan fingerprint density at radius 1 is 1.43 bits per heavy atom. The largest absolute Gasteiger partial charge is 0.507 e. The molecule has 2 aromatic rings. The molecule has 1 N–H and O–H groups in total. The van der Waals surface area contributed by atoms with Gasteiger partial charge in [0.05, 0.1) is 11.2 Å². The molecule has 0 amide bonds. The van der Waals surface area contributed by atoms with Crippen LogP contribution in [0.4, 0.5) is 4.39 Å². The van der Waals surface area contributed by atoms with E-state index in [1.165, 1.54) is 16.7 Å². The van der Waals surface area contributed by atoms with Gasteiger partial charge in [-0.1, -0.05) is 0 Å². The number of nitrogens with zero attached hydrogens (tertiary/aromatic N) is 1. The van der Waals surface area contributed by atoms with Crippen LogP contribution in [0.3, 0.4) is 0 Å². The summed E-state index contributed by atoms with van der Waals surface area (Å²) in [6.07, 6.45) is 0.664. The first-order valence-corrected chi connectivity index (χ1v) is 4.06. The Labute approximate surface area is 79.4 Å². The van der Waals surface area contributed by atoms with Crippen LogP contribution in [0, 0.1) is 5.82 Å². The van der Waals surface area contributed by atoms with Crippen molar-refractivity contribution in [1.82, 2.24) is 4.57 Å². The highest BCUT2D eigenvalue weighted by molar-refractivity contribution is 5.92. The van der Waals surface area contributed by atoms with Crippen molar-refractivity contribution in [3.63, 3.8) is 0 Å². The number of carbonyl (C=O) groups excluding carboxylic acids is 1. The minimum Gasteiger partial charge on any atom is -0.507 e. The van der Waals surface area contributed by atoms with Crippen LogP contribution >= 0.6 is 0 Å². The highest BCUT2D eigenvalue weighted by Gasteiger charge is 2.09. The third-order valence-electron chi connectivity index (χ3n) is 2.26. The second kappa shape index (κ2) is 2.83. The van der Waals surface area contributed by atoms with Gasteiger partial charge in [0.15, 0.2) is 6.29 Å². The maximum absolute atomic E-state index is 12.9. The van der Waals surface area contributed by atoms with Crippen molar-refractivity contribution in [1.29, 1.82) is 0 Å². The Bertz CT molecular complexity index is 516. The zero-order chi connectivity index (χ0) is 10.3. The Hall–Kier alpha value is -1.84. The van der Waals surface area contributed by atoms with E-state index in [2.05, 4.69) is 0 Å². The van der Waals surface area contributed by atoms with E-state index in [0.717, 1.165) is 6.07 Å². The summed E-state index contributed by atoms with van der Waals surface area (Å²) < 4.78 is 14.5. The van der Waals surface area contributed by atoms with E-state index >= 15 is 0 Å². The zero-order valence-corrected chi connectivity index (χ0v) is 7.49. The van der Waals surface area contributed by atoms with Crippen molar-refractivity contribution >= 4 is 17.2 Å². The molecule has 0 fully saturated rings. The van der Waals surface area contributed by atoms with Gasteiger partial charge in [-0.15, -0.1) is 0 Å². The number of rotatable bonds is 1. The number of aromatic nitrogens is 1. The molecule has 4 heteroatoms. The lowest BCUT2D eigenvalue weighted by Crippen LogP contribution is -1.93. The molecule has 0 aliphatic rings. The van der Waals surface area contributed by atoms with Crippen LogP contribution in [0.5, 0.6) is 5.75 Å². The van der Waals surface area contributed by atoms with Crippen molar-refractivity contribution in [3.05, 3.63) is 29.7 Å². The van der Waals surface area contributed by atoms with Gasteiger partial charge < -0.3 is 9.67 Å². The minimum absolute atomic E-state index is 0.149. The van der Waals surface area contributed by atoms with Crippen LogP contribution in [-0.2, 0) is 7.05 Å². The van der Waals surface area contributed by atoms with Crippen molar-refractivity contribution in [2.24, 2.45) is 7.05 Å². The summed E-state index contributed by atoms with van der Waals surface area (Å²) >= 11 is 0. The smallest absolute Gasteiger partial charge is 0.166 e. The number of phenols is 1.